The van der Waals surface area contributed by atoms with Crippen molar-refractivity contribution in [1.29, 1.82) is 4.78 Å². The first-order valence-electron chi connectivity index (χ1n) is 2.95. The quantitative estimate of drug-likeness (QED) is 0.652. The second-order valence-electron chi connectivity index (χ2n) is 2.26. The molecular weight excluding hydrogens is 162 g/mol. The number of anilines is 1. The lowest BCUT2D eigenvalue weighted by atomic mass is 10.5. The molecule has 3 N–H and O–H groups in total. The van der Waals surface area contributed by atoms with Gasteiger partial charge in [-0.15, -0.1) is 0 Å². The van der Waals surface area contributed by atoms with E-state index in [1.165, 1.54) is 18.5 Å². The third kappa shape index (κ3) is 1.91. The van der Waals surface area contributed by atoms with Gasteiger partial charge in [-0.25, -0.2) is 14.0 Å². The summed E-state index contributed by atoms with van der Waals surface area (Å²) in [5.74, 6) is 0.373. The lowest BCUT2D eigenvalue weighted by Gasteiger charge is -1.98. The molecule has 1 rings (SSSR count). The average molecular weight is 171 g/mol. The highest BCUT2D eigenvalue weighted by molar-refractivity contribution is 7.91. The number of nitrogens with one attached hydrogen (secondary N) is 1. The van der Waals surface area contributed by atoms with E-state index in [0.717, 1.165) is 0 Å². The van der Waals surface area contributed by atoms with Crippen LogP contribution in [0.4, 0.5) is 5.82 Å². The van der Waals surface area contributed by atoms with Crippen molar-refractivity contribution in [1.82, 2.24) is 4.98 Å². The summed E-state index contributed by atoms with van der Waals surface area (Å²) in [5, 5.41) is 0. The molecule has 0 amide bonds. The molecule has 1 aromatic heterocycles. The molecule has 0 saturated carbocycles. The van der Waals surface area contributed by atoms with Gasteiger partial charge in [0, 0.05) is 12.5 Å². The number of pyridine rings is 1. The predicted molar refractivity (Wildman–Crippen MR) is 43.7 cm³/mol. The normalized spacial score (nSPS) is 15.7. The summed E-state index contributed by atoms with van der Waals surface area (Å²) in [7, 11) is -2.64. The van der Waals surface area contributed by atoms with Crippen LogP contribution in [0.2, 0.25) is 0 Å². The molecule has 60 valence electrons. The van der Waals surface area contributed by atoms with E-state index in [-0.39, 0.29) is 0 Å². The minimum Gasteiger partial charge on any atom is -0.384 e. The van der Waals surface area contributed by atoms with Gasteiger partial charge >= 0.3 is 0 Å². The second-order valence-corrected chi connectivity index (χ2v) is 4.42. The summed E-state index contributed by atoms with van der Waals surface area (Å²) in [6.45, 7) is 0. The van der Waals surface area contributed by atoms with Crippen molar-refractivity contribution >= 4 is 15.5 Å². The summed E-state index contributed by atoms with van der Waals surface area (Å²) < 4.78 is 18.3. The van der Waals surface area contributed by atoms with E-state index in [9.17, 15) is 4.21 Å². The van der Waals surface area contributed by atoms with E-state index in [4.69, 9.17) is 10.5 Å². The van der Waals surface area contributed by atoms with Crippen LogP contribution in [-0.2, 0) is 9.73 Å². The van der Waals surface area contributed by atoms with Gasteiger partial charge in [0.25, 0.3) is 0 Å². The molecule has 5 heteroatoms. The van der Waals surface area contributed by atoms with Crippen LogP contribution in [0.25, 0.3) is 0 Å². The Kier molecular flexibility index (Phi) is 1.82. The van der Waals surface area contributed by atoms with E-state index in [1.54, 1.807) is 6.07 Å². The number of aromatic nitrogens is 1. The number of nitrogen functional groups attached to an aromatic ring is 1. The fraction of sp³-hybridized carbons (Fsp3) is 0.167. The van der Waals surface area contributed by atoms with Gasteiger partial charge in [-0.1, -0.05) is 0 Å². The Morgan fingerprint density at radius 3 is 2.64 bits per heavy atom. The van der Waals surface area contributed by atoms with Crippen LogP contribution in [0.15, 0.2) is 23.2 Å². The average Bonchev–Trinajstić information content (AvgIpc) is 1.86. The highest BCUT2D eigenvalue weighted by Gasteiger charge is 2.01. The summed E-state index contributed by atoms with van der Waals surface area (Å²) in [6, 6.07) is 3.09. The Labute approximate surface area is 65.4 Å². The molecule has 0 spiro atoms. The van der Waals surface area contributed by atoms with Gasteiger partial charge in [-0.05, 0) is 12.1 Å². The molecule has 0 radical (unpaired) electrons. The SMILES string of the molecule is CS(=N)(=O)c1ccc(N)nc1. The van der Waals surface area contributed by atoms with Crippen molar-refractivity contribution in [2.45, 2.75) is 4.90 Å². The lowest BCUT2D eigenvalue weighted by Crippen LogP contribution is -1.97. The van der Waals surface area contributed by atoms with Crippen molar-refractivity contribution < 1.29 is 4.21 Å². The van der Waals surface area contributed by atoms with Crippen LogP contribution in [0, 0.1) is 4.78 Å². The highest BCUT2D eigenvalue weighted by Crippen LogP contribution is 2.08. The number of rotatable bonds is 1. The Morgan fingerprint density at radius 2 is 2.27 bits per heavy atom. The standard InChI is InChI=1S/C6H9N3OS/c1-11(8,10)5-2-3-6(7)9-4-5/h2-4,8H,1H3,(H2,7,9). The van der Waals surface area contributed by atoms with Gasteiger partial charge in [0.2, 0.25) is 0 Å². The van der Waals surface area contributed by atoms with Crippen molar-refractivity contribution in [3.63, 3.8) is 0 Å². The van der Waals surface area contributed by atoms with Crippen LogP contribution in [0.3, 0.4) is 0 Å². The first-order chi connectivity index (χ1) is 5.00. The van der Waals surface area contributed by atoms with E-state index < -0.39 is 9.73 Å². The number of hydrogen-bond acceptors (Lipinski definition) is 4. The molecular formula is C6H9N3OS. The summed E-state index contributed by atoms with van der Waals surface area (Å²) in [6.07, 6.45) is 2.71. The first-order valence-corrected chi connectivity index (χ1v) is 4.92. The van der Waals surface area contributed by atoms with Crippen LogP contribution in [0.1, 0.15) is 0 Å². The zero-order chi connectivity index (χ0) is 8.48. The van der Waals surface area contributed by atoms with Crippen LogP contribution in [0.5, 0.6) is 0 Å². The first kappa shape index (κ1) is 8.00. The highest BCUT2D eigenvalue weighted by atomic mass is 32.2. The number of hydrogen-bond donors (Lipinski definition) is 2. The molecule has 1 aromatic rings. The fourth-order valence-electron chi connectivity index (χ4n) is 0.622. The molecule has 0 aromatic carbocycles. The molecule has 11 heavy (non-hydrogen) atoms. The maximum atomic E-state index is 11.1. The molecule has 0 aliphatic heterocycles. The molecule has 0 bridgehead atoms. The fourth-order valence-corrected chi connectivity index (χ4v) is 1.20. The van der Waals surface area contributed by atoms with Gasteiger partial charge < -0.3 is 5.73 Å². The van der Waals surface area contributed by atoms with Crippen LogP contribution >= 0.6 is 0 Å². The monoisotopic (exact) mass is 171 g/mol. The number of nitrogens with zero attached hydrogens (tertiary/aromatic N) is 1. The third-order valence-electron chi connectivity index (χ3n) is 1.21. The molecule has 0 aliphatic carbocycles. The minimum atomic E-state index is -2.64. The second kappa shape index (κ2) is 2.50. The van der Waals surface area contributed by atoms with Crippen molar-refractivity contribution in [2.24, 2.45) is 0 Å². The summed E-state index contributed by atoms with van der Waals surface area (Å²) >= 11 is 0. The van der Waals surface area contributed by atoms with Gasteiger partial charge in [-0.3, -0.25) is 0 Å². The van der Waals surface area contributed by atoms with E-state index in [0.29, 0.717) is 10.7 Å². The number of nitrogens with two attached hydrogens (primary N) is 1. The largest absolute Gasteiger partial charge is 0.384 e. The van der Waals surface area contributed by atoms with Gasteiger partial charge in [0.1, 0.15) is 5.82 Å². The maximum absolute atomic E-state index is 11.1. The Morgan fingerprint density at radius 1 is 1.64 bits per heavy atom. The van der Waals surface area contributed by atoms with Crippen molar-refractivity contribution in [3.05, 3.63) is 18.3 Å². The van der Waals surface area contributed by atoms with Gasteiger partial charge in [-0.2, -0.15) is 0 Å². The molecule has 1 atom stereocenters. The topological polar surface area (TPSA) is 79.8 Å². The molecule has 0 aliphatic rings. The smallest absolute Gasteiger partial charge is 0.123 e. The lowest BCUT2D eigenvalue weighted by molar-refractivity contribution is 0.678. The molecule has 4 nitrogen and oxygen atoms in total. The van der Waals surface area contributed by atoms with Gasteiger partial charge in [0.15, 0.2) is 0 Å². The predicted octanol–water partition coefficient (Wildman–Crippen LogP) is 0.699. The van der Waals surface area contributed by atoms with E-state index >= 15 is 0 Å². The Hall–Kier alpha value is -1.10. The van der Waals surface area contributed by atoms with Gasteiger partial charge in [0.05, 0.1) is 14.6 Å². The van der Waals surface area contributed by atoms with Crippen molar-refractivity contribution in [2.75, 3.05) is 12.0 Å². The maximum Gasteiger partial charge on any atom is 0.123 e. The zero-order valence-corrected chi connectivity index (χ0v) is 6.89. The molecule has 1 heterocycles. The summed E-state index contributed by atoms with van der Waals surface area (Å²) in [5.41, 5.74) is 5.30. The van der Waals surface area contributed by atoms with Crippen LogP contribution < -0.4 is 5.73 Å². The molecule has 0 saturated heterocycles. The summed E-state index contributed by atoms with van der Waals surface area (Å²) in [4.78, 5) is 4.13. The minimum absolute atomic E-state index is 0.373. The van der Waals surface area contributed by atoms with E-state index in [1.807, 2.05) is 0 Å². The van der Waals surface area contributed by atoms with Crippen LogP contribution in [-0.4, -0.2) is 15.4 Å². The van der Waals surface area contributed by atoms with Crippen molar-refractivity contribution in [3.8, 4) is 0 Å². The third-order valence-corrected chi connectivity index (χ3v) is 2.35. The van der Waals surface area contributed by atoms with E-state index in [2.05, 4.69) is 4.98 Å². The molecule has 0 fully saturated rings. The Balaban J connectivity index is 3.20. The molecule has 1 unspecified atom stereocenters. The Bertz CT molecular complexity index is 341. The zero-order valence-electron chi connectivity index (χ0n) is 6.07.